The molecular formula is C21H23N5O4S. The van der Waals surface area contributed by atoms with Crippen molar-refractivity contribution in [1.29, 1.82) is 0 Å². The van der Waals surface area contributed by atoms with Gasteiger partial charge < -0.3 is 10.2 Å². The Morgan fingerprint density at radius 2 is 1.71 bits per heavy atom. The van der Waals surface area contributed by atoms with Gasteiger partial charge in [-0.05, 0) is 17.7 Å². The topological polar surface area (TPSA) is 104 Å². The van der Waals surface area contributed by atoms with Gasteiger partial charge in [-0.2, -0.15) is 4.31 Å². The summed E-state index contributed by atoms with van der Waals surface area (Å²) in [5.74, 6) is -0.250. The van der Waals surface area contributed by atoms with E-state index in [4.69, 9.17) is 0 Å². The number of carbonyl (C=O) groups is 1. The molecule has 3 heterocycles. The lowest BCUT2D eigenvalue weighted by Crippen LogP contribution is -2.52. The van der Waals surface area contributed by atoms with Gasteiger partial charge >= 0.3 is 0 Å². The Kier molecular flexibility index (Phi) is 6.01. The summed E-state index contributed by atoms with van der Waals surface area (Å²) in [5.41, 5.74) is 1.22. The number of aromatic nitrogens is 2. The Morgan fingerprint density at radius 3 is 2.45 bits per heavy atom. The number of pyridine rings is 1. The number of nitrogens with one attached hydrogen (secondary N) is 1. The van der Waals surface area contributed by atoms with E-state index in [0.717, 1.165) is 5.56 Å². The number of fused-ring (bicyclic) bond motifs is 1. The number of sulfonamides is 1. The minimum absolute atomic E-state index is 0.0533. The second-order valence-electron chi connectivity index (χ2n) is 7.28. The van der Waals surface area contributed by atoms with Crippen LogP contribution in [0.25, 0.3) is 5.65 Å². The van der Waals surface area contributed by atoms with Gasteiger partial charge in [0.2, 0.25) is 15.9 Å². The standard InChI is InChI=1S/C21H23N5O4S/c27-20(15-22-18-14-23-19-8-4-5-9-26(19)21(18)28)24-10-12-25(13-11-24)31(29,30)16-17-6-2-1-3-7-17/h1-9,14,22H,10-13,15-16H2. The molecule has 0 saturated carbocycles. The molecule has 0 aliphatic carbocycles. The van der Waals surface area contributed by atoms with Gasteiger partial charge in [-0.3, -0.25) is 14.0 Å². The van der Waals surface area contributed by atoms with Crippen LogP contribution >= 0.6 is 0 Å². The van der Waals surface area contributed by atoms with Crippen LogP contribution in [0.5, 0.6) is 0 Å². The molecule has 2 aromatic heterocycles. The van der Waals surface area contributed by atoms with Crippen LogP contribution < -0.4 is 10.9 Å². The number of hydrogen-bond acceptors (Lipinski definition) is 6. The highest BCUT2D eigenvalue weighted by Crippen LogP contribution is 2.14. The molecule has 9 nitrogen and oxygen atoms in total. The molecule has 1 aliphatic heterocycles. The first-order chi connectivity index (χ1) is 14.9. The van der Waals surface area contributed by atoms with E-state index in [1.54, 1.807) is 41.4 Å². The molecule has 1 amide bonds. The Hall–Kier alpha value is -3.24. The van der Waals surface area contributed by atoms with E-state index in [9.17, 15) is 18.0 Å². The Bertz CT molecular complexity index is 1240. The zero-order valence-corrected chi connectivity index (χ0v) is 17.7. The molecule has 1 saturated heterocycles. The molecule has 1 fully saturated rings. The maximum atomic E-state index is 12.7. The predicted octanol–water partition coefficient (Wildman–Crippen LogP) is 0.781. The lowest BCUT2D eigenvalue weighted by atomic mass is 10.2. The molecule has 1 aliphatic rings. The van der Waals surface area contributed by atoms with Crippen molar-refractivity contribution in [3.05, 3.63) is 76.8 Å². The predicted molar refractivity (Wildman–Crippen MR) is 117 cm³/mol. The summed E-state index contributed by atoms with van der Waals surface area (Å²) < 4.78 is 28.1. The molecule has 1 aromatic carbocycles. The van der Waals surface area contributed by atoms with Crippen LogP contribution in [0.15, 0.2) is 65.7 Å². The molecule has 4 rings (SSSR count). The molecule has 0 spiro atoms. The van der Waals surface area contributed by atoms with E-state index in [2.05, 4.69) is 10.3 Å². The molecule has 0 radical (unpaired) electrons. The van der Waals surface area contributed by atoms with Crippen molar-refractivity contribution in [2.45, 2.75) is 5.75 Å². The van der Waals surface area contributed by atoms with Gasteiger partial charge in [0, 0.05) is 32.4 Å². The monoisotopic (exact) mass is 441 g/mol. The number of benzene rings is 1. The Morgan fingerprint density at radius 1 is 1.00 bits per heavy atom. The van der Waals surface area contributed by atoms with Crippen LogP contribution in [0.1, 0.15) is 5.56 Å². The summed E-state index contributed by atoms with van der Waals surface area (Å²) in [6.07, 6.45) is 3.03. The second kappa shape index (κ2) is 8.86. The van der Waals surface area contributed by atoms with E-state index < -0.39 is 10.0 Å². The van der Waals surface area contributed by atoms with E-state index in [1.807, 2.05) is 18.2 Å². The van der Waals surface area contributed by atoms with Crippen LogP contribution in [0.3, 0.4) is 0 Å². The minimum Gasteiger partial charge on any atom is -0.370 e. The molecule has 0 atom stereocenters. The normalized spacial score (nSPS) is 15.2. The maximum Gasteiger partial charge on any atom is 0.281 e. The second-order valence-corrected chi connectivity index (χ2v) is 9.25. The molecule has 0 bridgehead atoms. The van der Waals surface area contributed by atoms with Crippen LogP contribution in [0, 0.1) is 0 Å². The Labute approximate surface area is 180 Å². The summed E-state index contributed by atoms with van der Waals surface area (Å²) in [5, 5.41) is 2.86. The van der Waals surface area contributed by atoms with Crippen molar-refractivity contribution in [2.75, 3.05) is 38.0 Å². The number of amides is 1. The van der Waals surface area contributed by atoms with Gasteiger partial charge in [-0.25, -0.2) is 13.4 Å². The number of hydrogen-bond donors (Lipinski definition) is 1. The highest BCUT2D eigenvalue weighted by molar-refractivity contribution is 7.88. The SMILES string of the molecule is O=C(CNc1cnc2ccccn2c1=O)N1CCN(S(=O)(=O)Cc2ccccc2)CC1. The largest absolute Gasteiger partial charge is 0.370 e. The molecule has 162 valence electrons. The molecule has 31 heavy (non-hydrogen) atoms. The van der Waals surface area contributed by atoms with Crippen molar-refractivity contribution >= 4 is 27.3 Å². The van der Waals surface area contributed by atoms with Crippen molar-refractivity contribution < 1.29 is 13.2 Å². The fraction of sp³-hybridized carbons (Fsp3) is 0.286. The summed E-state index contributed by atoms with van der Waals surface area (Å²) in [6.45, 7) is 1.06. The Balaban J connectivity index is 1.32. The van der Waals surface area contributed by atoms with E-state index in [-0.39, 0.29) is 42.5 Å². The number of piperazine rings is 1. The maximum absolute atomic E-state index is 12.7. The smallest absolute Gasteiger partial charge is 0.281 e. The van der Waals surface area contributed by atoms with E-state index >= 15 is 0 Å². The van der Waals surface area contributed by atoms with Gasteiger partial charge in [0.15, 0.2) is 0 Å². The average Bonchev–Trinajstić information content (AvgIpc) is 2.79. The van der Waals surface area contributed by atoms with Crippen LogP contribution in [0.2, 0.25) is 0 Å². The van der Waals surface area contributed by atoms with Crippen molar-refractivity contribution in [1.82, 2.24) is 18.6 Å². The van der Waals surface area contributed by atoms with Gasteiger partial charge in [0.1, 0.15) is 11.3 Å². The zero-order valence-electron chi connectivity index (χ0n) is 16.8. The number of rotatable bonds is 6. The lowest BCUT2D eigenvalue weighted by Gasteiger charge is -2.34. The molecule has 0 unspecified atom stereocenters. The molecule has 1 N–H and O–H groups in total. The highest BCUT2D eigenvalue weighted by atomic mass is 32.2. The van der Waals surface area contributed by atoms with E-state index in [1.165, 1.54) is 14.9 Å². The number of carbonyl (C=O) groups excluding carboxylic acids is 1. The van der Waals surface area contributed by atoms with Crippen molar-refractivity contribution in [2.24, 2.45) is 0 Å². The third kappa shape index (κ3) is 4.75. The third-order valence-corrected chi connectivity index (χ3v) is 7.07. The van der Waals surface area contributed by atoms with Gasteiger partial charge in [0.25, 0.3) is 5.56 Å². The highest BCUT2D eigenvalue weighted by Gasteiger charge is 2.28. The molecule has 3 aromatic rings. The first-order valence-electron chi connectivity index (χ1n) is 9.94. The van der Waals surface area contributed by atoms with Crippen molar-refractivity contribution in [3.8, 4) is 0 Å². The average molecular weight is 442 g/mol. The first-order valence-corrected chi connectivity index (χ1v) is 11.5. The van der Waals surface area contributed by atoms with Gasteiger partial charge in [-0.1, -0.05) is 36.4 Å². The fourth-order valence-corrected chi connectivity index (χ4v) is 5.04. The molecular weight excluding hydrogens is 418 g/mol. The van der Waals surface area contributed by atoms with Crippen LogP contribution in [0.4, 0.5) is 5.69 Å². The third-order valence-electron chi connectivity index (χ3n) is 5.22. The zero-order chi connectivity index (χ0) is 21.8. The molecule has 10 heteroatoms. The fourth-order valence-electron chi connectivity index (χ4n) is 3.52. The summed E-state index contributed by atoms with van der Waals surface area (Å²) in [7, 11) is -3.44. The van der Waals surface area contributed by atoms with Crippen LogP contribution in [-0.4, -0.2) is 65.6 Å². The van der Waals surface area contributed by atoms with Crippen LogP contribution in [-0.2, 0) is 20.6 Å². The van der Waals surface area contributed by atoms with Gasteiger partial charge in [0.05, 0.1) is 18.5 Å². The minimum atomic E-state index is -3.44. The first kappa shape index (κ1) is 21.0. The lowest BCUT2D eigenvalue weighted by molar-refractivity contribution is -0.130. The summed E-state index contributed by atoms with van der Waals surface area (Å²) >= 11 is 0. The number of anilines is 1. The van der Waals surface area contributed by atoms with E-state index in [0.29, 0.717) is 18.7 Å². The van der Waals surface area contributed by atoms with Gasteiger partial charge in [-0.15, -0.1) is 0 Å². The van der Waals surface area contributed by atoms with Crippen molar-refractivity contribution in [3.63, 3.8) is 0 Å². The summed E-state index contributed by atoms with van der Waals surface area (Å²) in [6, 6.07) is 14.3. The number of nitrogens with zero attached hydrogens (tertiary/aromatic N) is 4. The quantitative estimate of drug-likeness (QED) is 0.606. The summed E-state index contributed by atoms with van der Waals surface area (Å²) in [4.78, 5) is 30.9.